The molecule has 0 fully saturated rings. The van der Waals surface area contributed by atoms with Gasteiger partial charge in [0.25, 0.3) is 0 Å². The van der Waals surface area contributed by atoms with Crippen molar-refractivity contribution in [2.24, 2.45) is 0 Å². The highest BCUT2D eigenvalue weighted by atomic mass is 16.5. The molecule has 1 aromatic rings. The minimum absolute atomic E-state index is 0.122. The molecule has 0 N–H and O–H groups in total. The van der Waals surface area contributed by atoms with E-state index < -0.39 is 0 Å². The van der Waals surface area contributed by atoms with Crippen LogP contribution in [-0.2, 0) is 0 Å². The Hall–Kier alpha value is -1.57. The number of hydrogen-bond donors (Lipinski definition) is 0. The SMILES string of the molecule is COc1ccccc1C(=O)C1=CCCCC1. The van der Waals surface area contributed by atoms with Gasteiger partial charge in [-0.3, -0.25) is 4.79 Å². The van der Waals surface area contributed by atoms with Crippen molar-refractivity contribution < 1.29 is 9.53 Å². The third-order valence-electron chi connectivity index (χ3n) is 2.93. The Bertz CT molecular complexity index is 418. The fourth-order valence-electron chi connectivity index (χ4n) is 2.05. The predicted octanol–water partition coefficient (Wildman–Crippen LogP) is 3.38. The Morgan fingerprint density at radius 2 is 2.06 bits per heavy atom. The molecule has 1 aliphatic carbocycles. The van der Waals surface area contributed by atoms with E-state index in [1.165, 1.54) is 6.42 Å². The van der Waals surface area contributed by atoms with E-state index in [1.807, 2.05) is 24.3 Å². The fourth-order valence-corrected chi connectivity index (χ4v) is 2.05. The van der Waals surface area contributed by atoms with Crippen molar-refractivity contribution in [3.05, 3.63) is 41.5 Å². The lowest BCUT2D eigenvalue weighted by atomic mass is 9.93. The number of hydrogen-bond acceptors (Lipinski definition) is 2. The largest absolute Gasteiger partial charge is 0.496 e. The zero-order chi connectivity index (χ0) is 11.4. The second kappa shape index (κ2) is 4.97. The number of ketones is 1. The van der Waals surface area contributed by atoms with Gasteiger partial charge in [-0.1, -0.05) is 18.2 Å². The maximum atomic E-state index is 12.2. The predicted molar refractivity (Wildman–Crippen MR) is 63.9 cm³/mol. The molecule has 2 nitrogen and oxygen atoms in total. The zero-order valence-electron chi connectivity index (χ0n) is 9.53. The Morgan fingerprint density at radius 1 is 1.25 bits per heavy atom. The van der Waals surface area contributed by atoms with Crippen LogP contribution in [0.15, 0.2) is 35.9 Å². The number of carbonyl (C=O) groups is 1. The Morgan fingerprint density at radius 3 is 2.75 bits per heavy atom. The van der Waals surface area contributed by atoms with Gasteiger partial charge in [0, 0.05) is 0 Å². The monoisotopic (exact) mass is 216 g/mol. The molecule has 0 saturated heterocycles. The summed E-state index contributed by atoms with van der Waals surface area (Å²) in [6, 6.07) is 7.41. The molecule has 0 aliphatic heterocycles. The highest BCUT2D eigenvalue weighted by Crippen LogP contribution is 2.25. The van der Waals surface area contributed by atoms with Crippen molar-refractivity contribution in [3.63, 3.8) is 0 Å². The molecule has 84 valence electrons. The third kappa shape index (κ3) is 2.16. The number of Topliss-reactive ketones (excluding diaryl/α,β-unsaturated/α-hetero) is 1. The number of benzene rings is 1. The summed E-state index contributed by atoms with van der Waals surface area (Å²) >= 11 is 0. The molecule has 2 rings (SSSR count). The summed E-state index contributed by atoms with van der Waals surface area (Å²) in [5.41, 5.74) is 1.62. The van der Waals surface area contributed by atoms with Crippen molar-refractivity contribution in [1.29, 1.82) is 0 Å². The van der Waals surface area contributed by atoms with E-state index in [0.717, 1.165) is 24.8 Å². The molecule has 1 aromatic carbocycles. The van der Waals surface area contributed by atoms with E-state index in [-0.39, 0.29) is 5.78 Å². The van der Waals surface area contributed by atoms with Crippen LogP contribution in [0.1, 0.15) is 36.0 Å². The summed E-state index contributed by atoms with van der Waals surface area (Å²) in [5, 5.41) is 0. The minimum atomic E-state index is 0.122. The van der Waals surface area contributed by atoms with Crippen LogP contribution in [0.3, 0.4) is 0 Å². The summed E-state index contributed by atoms with van der Waals surface area (Å²) in [6.45, 7) is 0. The molecule has 0 spiro atoms. The first-order valence-corrected chi connectivity index (χ1v) is 5.69. The number of ether oxygens (including phenoxy) is 1. The number of methoxy groups -OCH3 is 1. The molecule has 16 heavy (non-hydrogen) atoms. The summed E-state index contributed by atoms with van der Waals surface area (Å²) in [7, 11) is 1.60. The molecule has 0 radical (unpaired) electrons. The second-order valence-electron chi connectivity index (χ2n) is 4.00. The van der Waals surface area contributed by atoms with Gasteiger partial charge >= 0.3 is 0 Å². The van der Waals surface area contributed by atoms with Gasteiger partial charge in [-0.05, 0) is 43.4 Å². The van der Waals surface area contributed by atoms with Gasteiger partial charge < -0.3 is 4.74 Å². The summed E-state index contributed by atoms with van der Waals surface area (Å²) in [5.74, 6) is 0.788. The van der Waals surface area contributed by atoms with Crippen LogP contribution in [-0.4, -0.2) is 12.9 Å². The standard InChI is InChI=1S/C14H16O2/c1-16-13-10-6-5-9-12(13)14(15)11-7-3-2-4-8-11/h5-7,9-10H,2-4,8H2,1H3. The fraction of sp³-hybridized carbons (Fsp3) is 0.357. The summed E-state index contributed by atoms with van der Waals surface area (Å²) in [6.07, 6.45) is 6.31. The van der Waals surface area contributed by atoms with Crippen LogP contribution in [0.25, 0.3) is 0 Å². The molecule has 0 saturated carbocycles. The van der Waals surface area contributed by atoms with Crippen molar-refractivity contribution in [2.45, 2.75) is 25.7 Å². The Kier molecular flexibility index (Phi) is 3.40. The lowest BCUT2D eigenvalue weighted by molar-refractivity contribution is 0.102. The van der Waals surface area contributed by atoms with Gasteiger partial charge in [0.1, 0.15) is 5.75 Å². The summed E-state index contributed by atoms with van der Waals surface area (Å²) in [4.78, 5) is 12.2. The van der Waals surface area contributed by atoms with Crippen LogP contribution >= 0.6 is 0 Å². The maximum absolute atomic E-state index is 12.2. The average Bonchev–Trinajstić information content (AvgIpc) is 2.39. The smallest absolute Gasteiger partial charge is 0.192 e. The number of rotatable bonds is 3. The molecule has 0 bridgehead atoms. The first-order chi connectivity index (χ1) is 7.83. The number of allylic oxidation sites excluding steroid dienone is 2. The van der Waals surface area contributed by atoms with E-state index in [0.29, 0.717) is 11.3 Å². The van der Waals surface area contributed by atoms with E-state index in [9.17, 15) is 4.79 Å². The molecule has 0 aromatic heterocycles. The maximum Gasteiger partial charge on any atom is 0.192 e. The lowest BCUT2D eigenvalue weighted by Gasteiger charge is -2.13. The van der Waals surface area contributed by atoms with Gasteiger partial charge in [0.15, 0.2) is 5.78 Å². The molecule has 0 atom stereocenters. The first-order valence-electron chi connectivity index (χ1n) is 5.69. The normalized spacial score (nSPS) is 15.4. The van der Waals surface area contributed by atoms with Gasteiger partial charge in [-0.15, -0.1) is 0 Å². The van der Waals surface area contributed by atoms with Crippen LogP contribution in [0, 0.1) is 0 Å². The van der Waals surface area contributed by atoms with Gasteiger partial charge in [-0.2, -0.15) is 0 Å². The van der Waals surface area contributed by atoms with Gasteiger partial charge in [-0.25, -0.2) is 0 Å². The van der Waals surface area contributed by atoms with Crippen molar-refractivity contribution in [2.75, 3.05) is 7.11 Å². The highest BCUT2D eigenvalue weighted by molar-refractivity contribution is 6.10. The Labute approximate surface area is 95.9 Å². The zero-order valence-corrected chi connectivity index (χ0v) is 9.53. The van der Waals surface area contributed by atoms with Gasteiger partial charge in [0.05, 0.1) is 12.7 Å². The minimum Gasteiger partial charge on any atom is -0.496 e. The molecular weight excluding hydrogens is 200 g/mol. The molecule has 1 aliphatic rings. The van der Waals surface area contributed by atoms with E-state index in [4.69, 9.17) is 4.74 Å². The topological polar surface area (TPSA) is 26.3 Å². The lowest BCUT2D eigenvalue weighted by Crippen LogP contribution is -2.07. The molecule has 2 heteroatoms. The van der Waals surface area contributed by atoms with E-state index >= 15 is 0 Å². The molecule has 0 unspecified atom stereocenters. The average molecular weight is 216 g/mol. The summed E-state index contributed by atoms with van der Waals surface area (Å²) < 4.78 is 5.21. The van der Waals surface area contributed by atoms with Crippen LogP contribution in [0.5, 0.6) is 5.75 Å². The van der Waals surface area contributed by atoms with Crippen LogP contribution < -0.4 is 4.74 Å². The van der Waals surface area contributed by atoms with Crippen molar-refractivity contribution in [1.82, 2.24) is 0 Å². The first kappa shape index (κ1) is 10.9. The highest BCUT2D eigenvalue weighted by Gasteiger charge is 2.17. The third-order valence-corrected chi connectivity index (χ3v) is 2.93. The number of para-hydroxylation sites is 1. The second-order valence-corrected chi connectivity index (χ2v) is 4.00. The van der Waals surface area contributed by atoms with Crippen LogP contribution in [0.2, 0.25) is 0 Å². The molecule has 0 heterocycles. The van der Waals surface area contributed by atoms with Crippen molar-refractivity contribution >= 4 is 5.78 Å². The van der Waals surface area contributed by atoms with E-state index in [2.05, 4.69) is 6.08 Å². The quantitative estimate of drug-likeness (QED) is 0.724. The molecular formula is C14H16O2. The van der Waals surface area contributed by atoms with Crippen molar-refractivity contribution in [3.8, 4) is 5.75 Å². The van der Waals surface area contributed by atoms with Crippen LogP contribution in [0.4, 0.5) is 0 Å². The Balaban J connectivity index is 2.29. The molecule has 0 amide bonds. The number of carbonyl (C=O) groups excluding carboxylic acids is 1. The van der Waals surface area contributed by atoms with Gasteiger partial charge in [0.2, 0.25) is 0 Å². The van der Waals surface area contributed by atoms with E-state index in [1.54, 1.807) is 7.11 Å².